The molecule has 0 amide bonds. The summed E-state index contributed by atoms with van der Waals surface area (Å²) in [5.41, 5.74) is 2.01. The van der Waals surface area contributed by atoms with Crippen molar-refractivity contribution < 1.29 is 0 Å². The van der Waals surface area contributed by atoms with Crippen LogP contribution < -0.4 is 5.32 Å². The summed E-state index contributed by atoms with van der Waals surface area (Å²) in [6.07, 6.45) is 2.54. The molecule has 0 aliphatic heterocycles. The van der Waals surface area contributed by atoms with Gasteiger partial charge in [0, 0.05) is 6.04 Å². The van der Waals surface area contributed by atoms with E-state index in [2.05, 4.69) is 56.4 Å². The summed E-state index contributed by atoms with van der Waals surface area (Å²) in [4.78, 5) is 0. The minimum absolute atomic E-state index is 0.526. The van der Waals surface area contributed by atoms with Crippen LogP contribution in [0.4, 0.5) is 0 Å². The van der Waals surface area contributed by atoms with Gasteiger partial charge in [0.05, 0.1) is 0 Å². The van der Waals surface area contributed by atoms with E-state index in [0.29, 0.717) is 11.5 Å². The van der Waals surface area contributed by atoms with E-state index in [9.17, 15) is 0 Å². The Morgan fingerprint density at radius 3 is 2.44 bits per heavy atom. The van der Waals surface area contributed by atoms with Crippen molar-refractivity contribution in [3.63, 3.8) is 0 Å². The summed E-state index contributed by atoms with van der Waals surface area (Å²) in [6.45, 7) is 8.15. The standard InChI is InChI=1S/C15H23N/c1-4-14(12-8-6-5-7-9-12)16-11-13-10-15(13,2)3/h5-9,13-14,16H,4,10-11H2,1-3H3. The van der Waals surface area contributed by atoms with Crippen LogP contribution in [0.15, 0.2) is 30.3 Å². The van der Waals surface area contributed by atoms with Gasteiger partial charge in [0.1, 0.15) is 0 Å². The molecular weight excluding hydrogens is 194 g/mol. The van der Waals surface area contributed by atoms with Crippen molar-refractivity contribution in [2.75, 3.05) is 6.54 Å². The van der Waals surface area contributed by atoms with Crippen molar-refractivity contribution in [2.45, 2.75) is 39.7 Å². The molecule has 88 valence electrons. The van der Waals surface area contributed by atoms with Gasteiger partial charge in [-0.1, -0.05) is 51.1 Å². The van der Waals surface area contributed by atoms with E-state index in [1.54, 1.807) is 0 Å². The zero-order chi connectivity index (χ0) is 11.6. The Hall–Kier alpha value is -0.820. The highest BCUT2D eigenvalue weighted by Gasteiger charge is 2.44. The molecule has 1 aromatic rings. The van der Waals surface area contributed by atoms with Gasteiger partial charge in [-0.15, -0.1) is 0 Å². The molecule has 0 radical (unpaired) electrons. The highest BCUT2D eigenvalue weighted by molar-refractivity contribution is 5.18. The van der Waals surface area contributed by atoms with Crippen LogP contribution in [0.5, 0.6) is 0 Å². The lowest BCUT2D eigenvalue weighted by Crippen LogP contribution is -2.24. The highest BCUT2D eigenvalue weighted by Crippen LogP contribution is 2.51. The molecule has 0 spiro atoms. The van der Waals surface area contributed by atoms with Gasteiger partial charge in [0.2, 0.25) is 0 Å². The predicted molar refractivity (Wildman–Crippen MR) is 69.4 cm³/mol. The van der Waals surface area contributed by atoms with Crippen molar-refractivity contribution >= 4 is 0 Å². The second-order valence-corrected chi connectivity index (χ2v) is 5.67. The Balaban J connectivity index is 1.87. The normalized spacial score (nSPS) is 24.1. The fraction of sp³-hybridized carbons (Fsp3) is 0.600. The van der Waals surface area contributed by atoms with Crippen LogP contribution in [0.2, 0.25) is 0 Å². The Morgan fingerprint density at radius 1 is 1.31 bits per heavy atom. The van der Waals surface area contributed by atoms with E-state index in [1.807, 2.05) is 0 Å². The molecule has 0 bridgehead atoms. The largest absolute Gasteiger partial charge is 0.310 e. The average Bonchev–Trinajstić information content (AvgIpc) is 2.89. The maximum absolute atomic E-state index is 3.70. The molecule has 16 heavy (non-hydrogen) atoms. The zero-order valence-corrected chi connectivity index (χ0v) is 10.7. The average molecular weight is 217 g/mol. The number of hydrogen-bond donors (Lipinski definition) is 1. The molecule has 0 saturated heterocycles. The first-order chi connectivity index (χ1) is 7.63. The van der Waals surface area contributed by atoms with Gasteiger partial charge in [-0.05, 0) is 36.3 Å². The number of nitrogens with one attached hydrogen (secondary N) is 1. The Labute approximate surface area is 99.3 Å². The molecular formula is C15H23N. The molecule has 1 N–H and O–H groups in total. The van der Waals surface area contributed by atoms with Crippen molar-refractivity contribution in [2.24, 2.45) is 11.3 Å². The molecule has 1 nitrogen and oxygen atoms in total. The first-order valence-corrected chi connectivity index (χ1v) is 6.42. The smallest absolute Gasteiger partial charge is 0.0317 e. The summed E-state index contributed by atoms with van der Waals surface area (Å²) in [5.74, 6) is 0.880. The third kappa shape index (κ3) is 2.65. The fourth-order valence-electron chi connectivity index (χ4n) is 2.39. The van der Waals surface area contributed by atoms with Crippen molar-refractivity contribution in [1.29, 1.82) is 0 Å². The molecule has 1 aliphatic carbocycles. The first kappa shape index (κ1) is 11.7. The SMILES string of the molecule is CCC(NCC1CC1(C)C)c1ccccc1. The van der Waals surface area contributed by atoms with Crippen LogP contribution in [0, 0.1) is 11.3 Å². The quantitative estimate of drug-likeness (QED) is 0.791. The maximum Gasteiger partial charge on any atom is 0.0317 e. The van der Waals surface area contributed by atoms with E-state index >= 15 is 0 Å². The molecule has 2 atom stereocenters. The number of rotatable bonds is 5. The Bertz CT molecular complexity index is 329. The van der Waals surface area contributed by atoms with Crippen molar-refractivity contribution in [3.8, 4) is 0 Å². The van der Waals surface area contributed by atoms with E-state index in [0.717, 1.165) is 12.3 Å². The summed E-state index contributed by atoms with van der Waals surface area (Å²) in [6, 6.07) is 11.3. The lowest BCUT2D eigenvalue weighted by molar-refractivity contribution is 0.460. The van der Waals surface area contributed by atoms with Gasteiger partial charge in [-0.3, -0.25) is 0 Å². The van der Waals surface area contributed by atoms with Crippen molar-refractivity contribution in [3.05, 3.63) is 35.9 Å². The topological polar surface area (TPSA) is 12.0 Å². The van der Waals surface area contributed by atoms with Gasteiger partial charge >= 0.3 is 0 Å². The van der Waals surface area contributed by atoms with Crippen LogP contribution in [0.3, 0.4) is 0 Å². The predicted octanol–water partition coefficient (Wildman–Crippen LogP) is 3.77. The van der Waals surface area contributed by atoms with Crippen LogP contribution in [-0.2, 0) is 0 Å². The van der Waals surface area contributed by atoms with Crippen LogP contribution in [-0.4, -0.2) is 6.54 Å². The molecule has 1 heteroatoms. The van der Waals surface area contributed by atoms with Crippen molar-refractivity contribution in [1.82, 2.24) is 5.32 Å². The van der Waals surface area contributed by atoms with Crippen LogP contribution in [0.25, 0.3) is 0 Å². The molecule has 1 aliphatic rings. The Kier molecular flexibility index (Phi) is 3.34. The van der Waals surface area contributed by atoms with E-state index in [1.165, 1.54) is 18.5 Å². The van der Waals surface area contributed by atoms with E-state index < -0.39 is 0 Å². The van der Waals surface area contributed by atoms with Gasteiger partial charge in [0.15, 0.2) is 0 Å². The lowest BCUT2D eigenvalue weighted by Gasteiger charge is -2.18. The summed E-state index contributed by atoms with van der Waals surface area (Å²) in [7, 11) is 0. The minimum Gasteiger partial charge on any atom is -0.310 e. The van der Waals surface area contributed by atoms with Crippen LogP contribution in [0.1, 0.15) is 45.2 Å². The van der Waals surface area contributed by atoms with Gasteiger partial charge in [-0.2, -0.15) is 0 Å². The second-order valence-electron chi connectivity index (χ2n) is 5.67. The maximum atomic E-state index is 3.70. The summed E-state index contributed by atoms with van der Waals surface area (Å²) in [5, 5.41) is 3.70. The zero-order valence-electron chi connectivity index (χ0n) is 10.7. The van der Waals surface area contributed by atoms with Crippen LogP contribution >= 0.6 is 0 Å². The first-order valence-electron chi connectivity index (χ1n) is 6.42. The molecule has 1 aromatic carbocycles. The van der Waals surface area contributed by atoms with Gasteiger partial charge < -0.3 is 5.32 Å². The summed E-state index contributed by atoms with van der Waals surface area (Å²) >= 11 is 0. The molecule has 2 rings (SSSR count). The molecule has 1 saturated carbocycles. The number of hydrogen-bond acceptors (Lipinski definition) is 1. The fourth-order valence-corrected chi connectivity index (χ4v) is 2.39. The Morgan fingerprint density at radius 2 is 1.94 bits per heavy atom. The second kappa shape index (κ2) is 4.58. The van der Waals surface area contributed by atoms with E-state index in [4.69, 9.17) is 0 Å². The summed E-state index contributed by atoms with van der Waals surface area (Å²) < 4.78 is 0. The monoisotopic (exact) mass is 217 g/mol. The van der Waals surface area contributed by atoms with E-state index in [-0.39, 0.29) is 0 Å². The third-order valence-electron chi connectivity index (χ3n) is 3.94. The molecule has 0 aromatic heterocycles. The number of benzene rings is 1. The third-order valence-corrected chi connectivity index (χ3v) is 3.94. The van der Waals surface area contributed by atoms with Gasteiger partial charge in [0.25, 0.3) is 0 Å². The molecule has 0 heterocycles. The lowest BCUT2D eigenvalue weighted by atomic mass is 10.0. The highest BCUT2D eigenvalue weighted by atomic mass is 14.9. The minimum atomic E-state index is 0.526. The molecule has 1 fully saturated rings. The van der Waals surface area contributed by atoms with Gasteiger partial charge in [-0.25, -0.2) is 0 Å². The molecule has 2 unspecified atom stereocenters.